The second-order valence-electron chi connectivity index (χ2n) is 6.12. The molecule has 4 aromatic carbocycles. The highest BCUT2D eigenvalue weighted by Crippen LogP contribution is 2.42. The van der Waals surface area contributed by atoms with Gasteiger partial charge in [-0.3, -0.25) is 0 Å². The molecule has 0 aliphatic rings. The zero-order chi connectivity index (χ0) is 18.6. The lowest BCUT2D eigenvalue weighted by Crippen LogP contribution is -1.86. The summed E-state index contributed by atoms with van der Waals surface area (Å²) in [4.78, 5) is 2.32. The second kappa shape index (κ2) is 8.22. The van der Waals surface area contributed by atoms with Crippen LogP contribution in [0.2, 0.25) is 10.0 Å². The van der Waals surface area contributed by atoms with Crippen molar-refractivity contribution in [2.75, 3.05) is 0 Å². The first kappa shape index (κ1) is 18.2. The molecule has 0 spiro atoms. The highest BCUT2D eigenvalue weighted by atomic mass is 35.5. The van der Waals surface area contributed by atoms with Gasteiger partial charge in [-0.2, -0.15) is 0 Å². The van der Waals surface area contributed by atoms with Gasteiger partial charge in [-0.15, -0.1) is 0 Å². The van der Waals surface area contributed by atoms with Crippen molar-refractivity contribution >= 4 is 35.0 Å². The van der Waals surface area contributed by atoms with Crippen LogP contribution < -0.4 is 0 Å². The first-order valence-corrected chi connectivity index (χ1v) is 10.2. The van der Waals surface area contributed by atoms with Gasteiger partial charge in [0.15, 0.2) is 0 Å². The summed E-state index contributed by atoms with van der Waals surface area (Å²) in [5.74, 6) is 0. The van der Waals surface area contributed by atoms with E-state index in [9.17, 15) is 0 Å². The third-order valence-electron chi connectivity index (χ3n) is 4.27. The molecule has 0 saturated heterocycles. The Morgan fingerprint density at radius 2 is 0.889 bits per heavy atom. The first-order chi connectivity index (χ1) is 13.2. The molecule has 0 atom stereocenters. The Balaban J connectivity index is 1.80. The Labute approximate surface area is 173 Å². The number of rotatable bonds is 4. The molecular formula is C24H16Cl2S. The molecule has 0 N–H and O–H groups in total. The maximum absolute atomic E-state index is 6.29. The van der Waals surface area contributed by atoms with Gasteiger partial charge in [0.2, 0.25) is 0 Å². The smallest absolute Gasteiger partial charge is 0.0412 e. The van der Waals surface area contributed by atoms with Gasteiger partial charge in [-0.05, 0) is 58.7 Å². The van der Waals surface area contributed by atoms with E-state index < -0.39 is 0 Å². The number of benzene rings is 4. The first-order valence-electron chi connectivity index (χ1n) is 8.58. The van der Waals surface area contributed by atoms with Crippen molar-refractivity contribution in [1.29, 1.82) is 0 Å². The molecule has 132 valence electrons. The van der Waals surface area contributed by atoms with Gasteiger partial charge >= 0.3 is 0 Å². The fourth-order valence-corrected chi connectivity index (χ4v) is 4.41. The monoisotopic (exact) mass is 406 g/mol. The van der Waals surface area contributed by atoms with Crippen molar-refractivity contribution in [3.63, 3.8) is 0 Å². The minimum atomic E-state index is 0.734. The molecule has 27 heavy (non-hydrogen) atoms. The standard InChI is InChI=1S/C24H16Cl2S/c25-19-11-13-23(21(15-19)17-7-3-1-4-8-17)27-24-14-12-20(26)16-22(24)18-9-5-2-6-10-18/h1-16H. The highest BCUT2D eigenvalue weighted by Gasteiger charge is 2.12. The second-order valence-corrected chi connectivity index (χ2v) is 8.07. The normalized spacial score (nSPS) is 10.7. The summed E-state index contributed by atoms with van der Waals surface area (Å²) in [6, 6.07) is 32.7. The van der Waals surface area contributed by atoms with Crippen LogP contribution in [-0.2, 0) is 0 Å². The summed E-state index contributed by atoms with van der Waals surface area (Å²) in [7, 11) is 0. The molecule has 0 fully saturated rings. The predicted octanol–water partition coefficient (Wildman–Crippen LogP) is 8.48. The fraction of sp³-hybridized carbons (Fsp3) is 0. The lowest BCUT2D eigenvalue weighted by molar-refractivity contribution is 1.39. The molecular weight excluding hydrogens is 391 g/mol. The Bertz CT molecular complexity index is 973. The molecule has 4 rings (SSSR count). The summed E-state index contributed by atoms with van der Waals surface area (Å²) in [5, 5.41) is 1.47. The summed E-state index contributed by atoms with van der Waals surface area (Å²) in [5.41, 5.74) is 4.56. The van der Waals surface area contributed by atoms with E-state index in [0.717, 1.165) is 42.1 Å². The van der Waals surface area contributed by atoms with Gasteiger partial charge in [0.1, 0.15) is 0 Å². The van der Waals surface area contributed by atoms with Gasteiger partial charge in [-0.1, -0.05) is 95.6 Å². The molecule has 3 heteroatoms. The Morgan fingerprint density at radius 1 is 0.481 bits per heavy atom. The molecule has 0 aromatic heterocycles. The molecule has 4 aromatic rings. The Kier molecular flexibility index (Phi) is 5.54. The Hall–Kier alpha value is -2.19. The van der Waals surface area contributed by atoms with Crippen molar-refractivity contribution < 1.29 is 0 Å². The van der Waals surface area contributed by atoms with Crippen molar-refractivity contribution in [3.05, 3.63) is 107 Å². The van der Waals surface area contributed by atoms with Crippen LogP contribution in [-0.4, -0.2) is 0 Å². The Morgan fingerprint density at radius 3 is 1.30 bits per heavy atom. The van der Waals surface area contributed by atoms with Crippen LogP contribution >= 0.6 is 35.0 Å². The predicted molar refractivity (Wildman–Crippen MR) is 118 cm³/mol. The van der Waals surface area contributed by atoms with Crippen LogP contribution in [0.1, 0.15) is 0 Å². The average Bonchev–Trinajstić information content (AvgIpc) is 2.72. The highest BCUT2D eigenvalue weighted by molar-refractivity contribution is 7.99. The number of hydrogen-bond acceptors (Lipinski definition) is 1. The maximum Gasteiger partial charge on any atom is 0.0412 e. The SMILES string of the molecule is Clc1ccc(Sc2ccc(Cl)cc2-c2ccccc2)c(-c2ccccc2)c1. The van der Waals surface area contributed by atoms with E-state index in [0.29, 0.717) is 0 Å². The van der Waals surface area contributed by atoms with E-state index in [1.807, 2.05) is 60.7 Å². The van der Waals surface area contributed by atoms with E-state index in [-0.39, 0.29) is 0 Å². The van der Waals surface area contributed by atoms with E-state index in [2.05, 4.69) is 36.4 Å². The summed E-state index contributed by atoms with van der Waals surface area (Å²) in [6.45, 7) is 0. The van der Waals surface area contributed by atoms with Crippen molar-refractivity contribution in [1.82, 2.24) is 0 Å². The van der Waals surface area contributed by atoms with Crippen LogP contribution in [0.5, 0.6) is 0 Å². The summed E-state index contributed by atoms with van der Waals surface area (Å²) in [6.07, 6.45) is 0. The number of halogens is 2. The molecule has 0 radical (unpaired) electrons. The molecule has 0 aliphatic heterocycles. The minimum Gasteiger partial charge on any atom is -0.0888 e. The molecule has 0 unspecified atom stereocenters. The van der Waals surface area contributed by atoms with Crippen LogP contribution in [0, 0.1) is 0 Å². The van der Waals surface area contributed by atoms with Crippen LogP contribution in [0.3, 0.4) is 0 Å². The van der Waals surface area contributed by atoms with Gasteiger partial charge in [0.05, 0.1) is 0 Å². The van der Waals surface area contributed by atoms with E-state index in [4.69, 9.17) is 23.2 Å². The molecule has 0 nitrogen and oxygen atoms in total. The van der Waals surface area contributed by atoms with Crippen LogP contribution in [0.25, 0.3) is 22.3 Å². The van der Waals surface area contributed by atoms with E-state index in [1.54, 1.807) is 11.8 Å². The van der Waals surface area contributed by atoms with Crippen molar-refractivity contribution in [2.24, 2.45) is 0 Å². The third kappa shape index (κ3) is 4.22. The van der Waals surface area contributed by atoms with Gasteiger partial charge in [0, 0.05) is 19.8 Å². The molecule has 0 bridgehead atoms. The summed E-state index contributed by atoms with van der Waals surface area (Å²) < 4.78 is 0. The van der Waals surface area contributed by atoms with Crippen molar-refractivity contribution in [2.45, 2.75) is 9.79 Å². The fourth-order valence-electron chi connectivity index (χ4n) is 2.99. The topological polar surface area (TPSA) is 0 Å². The van der Waals surface area contributed by atoms with E-state index >= 15 is 0 Å². The molecule has 0 heterocycles. The zero-order valence-corrected chi connectivity index (χ0v) is 16.7. The number of hydrogen-bond donors (Lipinski definition) is 0. The third-order valence-corrected chi connectivity index (χ3v) is 5.89. The largest absolute Gasteiger partial charge is 0.0888 e. The van der Waals surface area contributed by atoms with Crippen LogP contribution in [0.4, 0.5) is 0 Å². The van der Waals surface area contributed by atoms with Crippen molar-refractivity contribution in [3.8, 4) is 22.3 Å². The minimum absolute atomic E-state index is 0.734. The lowest BCUT2D eigenvalue weighted by atomic mass is 10.1. The van der Waals surface area contributed by atoms with E-state index in [1.165, 1.54) is 0 Å². The molecule has 0 aliphatic carbocycles. The zero-order valence-electron chi connectivity index (χ0n) is 14.4. The lowest BCUT2D eigenvalue weighted by Gasteiger charge is -2.14. The van der Waals surface area contributed by atoms with Gasteiger partial charge in [0.25, 0.3) is 0 Å². The summed E-state index contributed by atoms with van der Waals surface area (Å²) >= 11 is 14.3. The maximum atomic E-state index is 6.29. The quantitative estimate of drug-likeness (QED) is 0.327. The molecule has 0 amide bonds. The average molecular weight is 407 g/mol. The van der Waals surface area contributed by atoms with Gasteiger partial charge < -0.3 is 0 Å². The van der Waals surface area contributed by atoms with Crippen LogP contribution in [0.15, 0.2) is 107 Å². The molecule has 0 saturated carbocycles. The van der Waals surface area contributed by atoms with Gasteiger partial charge in [-0.25, -0.2) is 0 Å².